The molecule has 0 spiro atoms. The average Bonchev–Trinajstić information content (AvgIpc) is 1.95. The first-order valence-corrected chi connectivity index (χ1v) is 3.45. The lowest BCUT2D eigenvalue weighted by atomic mass is 10.1. The van der Waals surface area contributed by atoms with Crippen LogP contribution in [-0.2, 0) is 0 Å². The lowest BCUT2D eigenvalue weighted by Gasteiger charge is -2.22. The first-order valence-electron chi connectivity index (χ1n) is 3.45. The molecule has 3 N–H and O–H groups in total. The van der Waals surface area contributed by atoms with Crippen molar-refractivity contribution in [2.45, 2.75) is 6.42 Å². The molecule has 4 nitrogen and oxygen atoms in total. The molecule has 10 heavy (non-hydrogen) atoms. The molecule has 0 atom stereocenters. The van der Waals surface area contributed by atoms with E-state index < -0.39 is 0 Å². The number of hydrogen-bond acceptors (Lipinski definition) is 2. The summed E-state index contributed by atoms with van der Waals surface area (Å²) in [5.41, 5.74) is 0. The van der Waals surface area contributed by atoms with E-state index in [2.05, 4.69) is 10.6 Å². The highest BCUT2D eigenvalue weighted by Gasteiger charge is 2.15. The highest BCUT2D eigenvalue weighted by molar-refractivity contribution is 5.74. The minimum Gasteiger partial charge on any atom is -0.396 e. The van der Waals surface area contributed by atoms with Crippen LogP contribution in [-0.4, -0.2) is 30.8 Å². The van der Waals surface area contributed by atoms with Gasteiger partial charge in [0.25, 0.3) is 0 Å². The second-order valence-electron chi connectivity index (χ2n) is 2.47. The van der Waals surface area contributed by atoms with E-state index in [1.165, 1.54) is 0 Å². The lowest BCUT2D eigenvalue weighted by molar-refractivity contribution is 0.214. The van der Waals surface area contributed by atoms with E-state index in [-0.39, 0.29) is 12.6 Å². The molecule has 1 aliphatic heterocycles. The zero-order chi connectivity index (χ0) is 7.40. The number of aliphatic hydroxyl groups is 1. The zero-order valence-electron chi connectivity index (χ0n) is 5.76. The Morgan fingerprint density at radius 1 is 1.50 bits per heavy atom. The summed E-state index contributed by atoms with van der Waals surface area (Å²) in [7, 11) is 0. The number of aliphatic hydroxyl groups excluding tert-OH is 1. The molecule has 0 bridgehead atoms. The van der Waals surface area contributed by atoms with Gasteiger partial charge in [-0.25, -0.2) is 4.79 Å². The van der Waals surface area contributed by atoms with E-state index >= 15 is 0 Å². The summed E-state index contributed by atoms with van der Waals surface area (Å²) in [4.78, 5) is 10.5. The van der Waals surface area contributed by atoms with Crippen molar-refractivity contribution < 1.29 is 9.90 Å². The topological polar surface area (TPSA) is 61.4 Å². The van der Waals surface area contributed by atoms with Gasteiger partial charge in [-0.3, -0.25) is 0 Å². The summed E-state index contributed by atoms with van der Waals surface area (Å²) >= 11 is 0. The maximum Gasteiger partial charge on any atom is 0.314 e. The Kier molecular flexibility index (Phi) is 2.50. The summed E-state index contributed by atoms with van der Waals surface area (Å²) in [5.74, 6) is 0.391. The van der Waals surface area contributed by atoms with E-state index in [1.807, 2.05) is 0 Å². The van der Waals surface area contributed by atoms with Crippen LogP contribution in [0.25, 0.3) is 0 Å². The molecule has 1 saturated heterocycles. The summed E-state index contributed by atoms with van der Waals surface area (Å²) in [5, 5.41) is 13.9. The quantitative estimate of drug-likeness (QED) is 0.480. The maximum absolute atomic E-state index is 10.5. The van der Waals surface area contributed by atoms with E-state index in [9.17, 15) is 4.79 Å². The fourth-order valence-corrected chi connectivity index (χ4v) is 0.995. The fourth-order valence-electron chi connectivity index (χ4n) is 0.995. The van der Waals surface area contributed by atoms with Crippen molar-refractivity contribution in [1.29, 1.82) is 0 Å². The van der Waals surface area contributed by atoms with Crippen LogP contribution < -0.4 is 10.6 Å². The minimum absolute atomic E-state index is 0.103. The first-order chi connectivity index (χ1) is 4.83. The summed E-state index contributed by atoms with van der Waals surface area (Å²) in [6.45, 7) is 1.57. The number of carbonyl (C=O) groups excluding carboxylic acids is 1. The van der Waals surface area contributed by atoms with Gasteiger partial charge in [0, 0.05) is 19.7 Å². The van der Waals surface area contributed by atoms with Crippen LogP contribution in [0.15, 0.2) is 0 Å². The second kappa shape index (κ2) is 3.41. The number of urea groups is 1. The maximum atomic E-state index is 10.5. The highest BCUT2D eigenvalue weighted by Crippen LogP contribution is 2.01. The van der Waals surface area contributed by atoms with Crippen LogP contribution in [0.1, 0.15) is 6.42 Å². The standard InChI is InChI=1S/C6H12N2O2/c9-2-1-5-3-7-6(10)8-4-5/h5,9H,1-4H2,(H2,7,8,10). The van der Waals surface area contributed by atoms with Crippen molar-refractivity contribution in [3.8, 4) is 0 Å². The number of amides is 2. The molecule has 1 heterocycles. The Hall–Kier alpha value is -0.770. The molecule has 0 aliphatic carbocycles. The normalized spacial score (nSPS) is 19.9. The molecule has 0 unspecified atom stereocenters. The van der Waals surface area contributed by atoms with Gasteiger partial charge in [0.1, 0.15) is 0 Å². The van der Waals surface area contributed by atoms with Gasteiger partial charge in [-0.05, 0) is 12.3 Å². The van der Waals surface area contributed by atoms with Crippen molar-refractivity contribution in [2.75, 3.05) is 19.7 Å². The molecule has 0 aromatic heterocycles. The van der Waals surface area contributed by atoms with E-state index in [1.54, 1.807) is 0 Å². The zero-order valence-corrected chi connectivity index (χ0v) is 5.76. The van der Waals surface area contributed by atoms with Crippen LogP contribution in [0, 0.1) is 5.92 Å². The lowest BCUT2D eigenvalue weighted by Crippen LogP contribution is -2.48. The largest absolute Gasteiger partial charge is 0.396 e. The third-order valence-corrected chi connectivity index (χ3v) is 1.64. The molecule has 1 aliphatic rings. The Bertz CT molecular complexity index is 117. The van der Waals surface area contributed by atoms with Crippen molar-refractivity contribution >= 4 is 6.03 Å². The third-order valence-electron chi connectivity index (χ3n) is 1.64. The molecule has 1 fully saturated rings. The number of rotatable bonds is 2. The van der Waals surface area contributed by atoms with Gasteiger partial charge < -0.3 is 15.7 Å². The van der Waals surface area contributed by atoms with Crippen molar-refractivity contribution in [1.82, 2.24) is 10.6 Å². The average molecular weight is 144 g/mol. The molecule has 58 valence electrons. The van der Waals surface area contributed by atoms with Gasteiger partial charge in [0.2, 0.25) is 0 Å². The smallest absolute Gasteiger partial charge is 0.314 e. The predicted molar refractivity (Wildman–Crippen MR) is 36.6 cm³/mol. The number of carbonyl (C=O) groups is 1. The van der Waals surface area contributed by atoms with Gasteiger partial charge in [0.05, 0.1) is 0 Å². The Morgan fingerprint density at radius 2 is 2.10 bits per heavy atom. The van der Waals surface area contributed by atoms with Crippen molar-refractivity contribution in [2.24, 2.45) is 5.92 Å². The molecular formula is C6H12N2O2. The van der Waals surface area contributed by atoms with Gasteiger partial charge in [-0.2, -0.15) is 0 Å². The predicted octanol–water partition coefficient (Wildman–Crippen LogP) is -0.702. The summed E-state index contributed by atoms with van der Waals surface area (Å²) in [6, 6.07) is -0.103. The molecule has 0 aromatic rings. The number of hydrogen-bond donors (Lipinski definition) is 3. The van der Waals surface area contributed by atoms with Gasteiger partial charge in [0.15, 0.2) is 0 Å². The molecule has 0 saturated carbocycles. The van der Waals surface area contributed by atoms with Crippen LogP contribution in [0.3, 0.4) is 0 Å². The summed E-state index contributed by atoms with van der Waals surface area (Å²) in [6.07, 6.45) is 0.757. The fraction of sp³-hybridized carbons (Fsp3) is 0.833. The van der Waals surface area contributed by atoms with Gasteiger partial charge in [-0.15, -0.1) is 0 Å². The minimum atomic E-state index is -0.103. The molecule has 0 radical (unpaired) electrons. The van der Waals surface area contributed by atoms with E-state index in [0.717, 1.165) is 6.42 Å². The highest BCUT2D eigenvalue weighted by atomic mass is 16.3. The molecular weight excluding hydrogens is 132 g/mol. The second-order valence-corrected chi connectivity index (χ2v) is 2.47. The van der Waals surface area contributed by atoms with Crippen molar-refractivity contribution in [3.63, 3.8) is 0 Å². The van der Waals surface area contributed by atoms with Crippen LogP contribution in [0.4, 0.5) is 4.79 Å². The monoisotopic (exact) mass is 144 g/mol. The van der Waals surface area contributed by atoms with Crippen LogP contribution >= 0.6 is 0 Å². The molecule has 4 heteroatoms. The van der Waals surface area contributed by atoms with Crippen LogP contribution in [0.5, 0.6) is 0 Å². The third kappa shape index (κ3) is 1.88. The Labute approximate surface area is 59.6 Å². The Morgan fingerprint density at radius 3 is 2.60 bits per heavy atom. The van der Waals surface area contributed by atoms with E-state index in [0.29, 0.717) is 19.0 Å². The molecule has 0 aromatic carbocycles. The molecule has 1 rings (SSSR count). The van der Waals surface area contributed by atoms with E-state index in [4.69, 9.17) is 5.11 Å². The number of nitrogens with one attached hydrogen (secondary N) is 2. The summed E-state index contributed by atoms with van der Waals surface area (Å²) < 4.78 is 0. The first kappa shape index (κ1) is 7.34. The Balaban J connectivity index is 2.19. The van der Waals surface area contributed by atoms with Crippen LogP contribution in [0.2, 0.25) is 0 Å². The van der Waals surface area contributed by atoms with Gasteiger partial charge >= 0.3 is 6.03 Å². The van der Waals surface area contributed by atoms with Crippen molar-refractivity contribution in [3.05, 3.63) is 0 Å². The SMILES string of the molecule is O=C1NCC(CCO)CN1. The molecule has 2 amide bonds. The van der Waals surface area contributed by atoms with Gasteiger partial charge in [-0.1, -0.05) is 0 Å².